The Labute approximate surface area is 390 Å². The Morgan fingerprint density at radius 1 is 0.313 bits per heavy atom. The minimum Gasteiger partial charge on any atom is -0.455 e. The van der Waals surface area contributed by atoms with Crippen LogP contribution in [-0.2, 0) is 5.41 Å². The summed E-state index contributed by atoms with van der Waals surface area (Å²) in [6.07, 6.45) is 0. The van der Waals surface area contributed by atoms with Crippen LogP contribution in [0.25, 0.3) is 77.2 Å². The summed E-state index contributed by atoms with van der Waals surface area (Å²) in [5.74, 6) is 0. The molecule has 12 aromatic rings. The van der Waals surface area contributed by atoms with Gasteiger partial charge >= 0.3 is 0 Å². The Balaban J connectivity index is 1.07. The Morgan fingerprint density at radius 3 is 1.45 bits per heavy atom. The highest BCUT2D eigenvalue weighted by Crippen LogP contribution is 2.60. The van der Waals surface area contributed by atoms with E-state index in [1.807, 2.05) is 6.07 Å². The summed E-state index contributed by atoms with van der Waals surface area (Å²) in [4.78, 5) is 2.45. The van der Waals surface area contributed by atoms with Crippen molar-refractivity contribution in [3.63, 3.8) is 0 Å². The molecule has 0 saturated heterocycles. The van der Waals surface area contributed by atoms with Crippen molar-refractivity contribution < 1.29 is 4.42 Å². The van der Waals surface area contributed by atoms with E-state index in [0.29, 0.717) is 0 Å². The highest BCUT2D eigenvalue weighted by Gasteiger charge is 2.48. The number of benzene rings is 11. The lowest BCUT2D eigenvalue weighted by Crippen LogP contribution is -2.29. The Hall–Kier alpha value is -8.72. The van der Waals surface area contributed by atoms with E-state index in [4.69, 9.17) is 4.42 Å². The normalized spacial score (nSPS) is 12.6. The van der Waals surface area contributed by atoms with Gasteiger partial charge < -0.3 is 9.32 Å². The molecule has 11 aromatic carbocycles. The van der Waals surface area contributed by atoms with Crippen LogP contribution in [0.15, 0.2) is 265 Å². The summed E-state index contributed by atoms with van der Waals surface area (Å²) in [6, 6.07) is 95.2. The number of rotatable bonds is 8. The van der Waals surface area contributed by atoms with Gasteiger partial charge in [-0.2, -0.15) is 0 Å². The van der Waals surface area contributed by atoms with Gasteiger partial charge in [0, 0.05) is 33.1 Å². The molecule has 0 amide bonds. The molecule has 1 aliphatic rings. The molecular formula is C65H43NO. The van der Waals surface area contributed by atoms with Crippen LogP contribution in [0.3, 0.4) is 0 Å². The van der Waals surface area contributed by atoms with E-state index in [1.54, 1.807) is 0 Å². The quantitative estimate of drug-likeness (QED) is 0.151. The first-order chi connectivity index (χ1) is 33.2. The minimum atomic E-state index is -0.600. The number of nitrogens with zero attached hydrogens (tertiary/aromatic N) is 1. The monoisotopic (exact) mass is 853 g/mol. The van der Waals surface area contributed by atoms with E-state index in [-0.39, 0.29) is 0 Å². The number of para-hydroxylation sites is 2. The standard InChI is InChI=1S/C65H43NO/c1-5-18-44(19-6-1)46-32-37-51(38-33-46)66(52-39-34-47(35-40-52)53-29-17-30-58-56-27-15-16-31-62(56)67-64(53)58)61-43-59-54-41-36-48(45-20-7-2-8-21-45)42-60(54)65(49-22-9-3-10-23-49,50-24-11-4-12-25-50)63(59)57-28-14-13-26-55(57)61/h1-43H. The maximum atomic E-state index is 6.52. The topological polar surface area (TPSA) is 16.4 Å². The van der Waals surface area contributed by atoms with Crippen LogP contribution in [0, 0.1) is 0 Å². The molecule has 13 rings (SSSR count). The zero-order valence-corrected chi connectivity index (χ0v) is 36.7. The summed E-state index contributed by atoms with van der Waals surface area (Å²) in [5, 5.41) is 4.65. The fraction of sp³-hybridized carbons (Fsp3) is 0.0154. The maximum absolute atomic E-state index is 6.52. The Bertz CT molecular complexity index is 3720. The lowest BCUT2D eigenvalue weighted by atomic mass is 9.66. The molecule has 0 bridgehead atoms. The zero-order chi connectivity index (χ0) is 44.3. The molecule has 1 aliphatic carbocycles. The van der Waals surface area contributed by atoms with E-state index >= 15 is 0 Å². The third kappa shape index (κ3) is 6.18. The average molecular weight is 854 g/mol. The van der Waals surface area contributed by atoms with Crippen LogP contribution in [0.4, 0.5) is 17.1 Å². The van der Waals surface area contributed by atoms with Gasteiger partial charge in [0.2, 0.25) is 0 Å². The van der Waals surface area contributed by atoms with Gasteiger partial charge in [-0.15, -0.1) is 0 Å². The fourth-order valence-electron chi connectivity index (χ4n) is 11.0. The van der Waals surface area contributed by atoms with Crippen LogP contribution in [0.2, 0.25) is 0 Å². The molecule has 67 heavy (non-hydrogen) atoms. The molecule has 0 saturated carbocycles. The van der Waals surface area contributed by atoms with Crippen molar-refractivity contribution in [3.05, 3.63) is 283 Å². The predicted molar refractivity (Wildman–Crippen MR) is 280 cm³/mol. The molecule has 0 radical (unpaired) electrons. The number of hydrogen-bond acceptors (Lipinski definition) is 2. The maximum Gasteiger partial charge on any atom is 0.143 e. The van der Waals surface area contributed by atoms with Crippen molar-refractivity contribution in [2.45, 2.75) is 5.41 Å². The van der Waals surface area contributed by atoms with Gasteiger partial charge in [0.15, 0.2) is 0 Å². The number of hydrogen-bond donors (Lipinski definition) is 0. The molecule has 1 aromatic heterocycles. The lowest BCUT2D eigenvalue weighted by Gasteiger charge is -2.35. The first-order valence-corrected chi connectivity index (χ1v) is 23.1. The largest absolute Gasteiger partial charge is 0.455 e. The van der Waals surface area contributed by atoms with Gasteiger partial charge in [0.05, 0.1) is 11.1 Å². The van der Waals surface area contributed by atoms with E-state index in [0.717, 1.165) is 50.1 Å². The van der Waals surface area contributed by atoms with Gasteiger partial charge in [0.1, 0.15) is 11.2 Å². The van der Waals surface area contributed by atoms with E-state index < -0.39 is 5.41 Å². The molecule has 314 valence electrons. The van der Waals surface area contributed by atoms with Gasteiger partial charge in [-0.25, -0.2) is 0 Å². The van der Waals surface area contributed by atoms with Gasteiger partial charge in [-0.1, -0.05) is 218 Å². The number of anilines is 3. The van der Waals surface area contributed by atoms with Gasteiger partial charge in [-0.3, -0.25) is 0 Å². The van der Waals surface area contributed by atoms with E-state index in [9.17, 15) is 0 Å². The zero-order valence-electron chi connectivity index (χ0n) is 36.7. The van der Waals surface area contributed by atoms with Gasteiger partial charge in [0.25, 0.3) is 0 Å². The van der Waals surface area contributed by atoms with Crippen molar-refractivity contribution in [2.75, 3.05) is 4.90 Å². The summed E-state index contributed by atoms with van der Waals surface area (Å²) >= 11 is 0. The Kier molecular flexibility index (Phi) is 9.11. The Morgan fingerprint density at radius 2 is 0.806 bits per heavy atom. The molecule has 2 heteroatoms. The molecule has 1 heterocycles. The molecule has 0 unspecified atom stereocenters. The van der Waals surface area contributed by atoms with E-state index in [2.05, 4.69) is 260 Å². The molecule has 0 fully saturated rings. The third-order valence-corrected chi connectivity index (χ3v) is 13.9. The predicted octanol–water partition coefficient (Wildman–Crippen LogP) is 17.6. The highest BCUT2D eigenvalue weighted by molar-refractivity contribution is 6.11. The van der Waals surface area contributed by atoms with Crippen LogP contribution in [0.5, 0.6) is 0 Å². The smallest absolute Gasteiger partial charge is 0.143 e. The second kappa shape index (κ2) is 15.8. The van der Waals surface area contributed by atoms with Crippen LogP contribution < -0.4 is 4.90 Å². The van der Waals surface area contributed by atoms with E-state index in [1.165, 1.54) is 66.4 Å². The summed E-state index contributed by atoms with van der Waals surface area (Å²) in [5.41, 5.74) is 19.0. The second-order valence-corrected chi connectivity index (χ2v) is 17.5. The number of furan rings is 1. The summed E-state index contributed by atoms with van der Waals surface area (Å²) < 4.78 is 6.52. The molecular weight excluding hydrogens is 811 g/mol. The average Bonchev–Trinajstić information content (AvgIpc) is 3.94. The SMILES string of the molecule is c1ccc(-c2ccc(N(c3ccc(-c4cccc5c4oc4ccccc45)cc3)c3cc4c(c5ccccc35)C(c3ccccc3)(c3ccccc3)c3cc(-c5ccccc5)ccc3-4)cc2)cc1. The summed E-state index contributed by atoms with van der Waals surface area (Å²) in [7, 11) is 0. The fourth-order valence-corrected chi connectivity index (χ4v) is 11.0. The first-order valence-electron chi connectivity index (χ1n) is 23.1. The number of fused-ring (bicyclic) bond motifs is 8. The van der Waals surface area contributed by atoms with Gasteiger partial charge in [-0.05, 0) is 109 Å². The van der Waals surface area contributed by atoms with Crippen molar-refractivity contribution in [1.82, 2.24) is 0 Å². The van der Waals surface area contributed by atoms with Crippen LogP contribution >= 0.6 is 0 Å². The van der Waals surface area contributed by atoms with Crippen molar-refractivity contribution in [1.29, 1.82) is 0 Å². The lowest BCUT2D eigenvalue weighted by molar-refractivity contribution is 0.670. The van der Waals surface area contributed by atoms with Crippen LogP contribution in [0.1, 0.15) is 22.3 Å². The van der Waals surface area contributed by atoms with Crippen molar-refractivity contribution >= 4 is 49.8 Å². The molecule has 2 nitrogen and oxygen atoms in total. The minimum absolute atomic E-state index is 0.600. The first kappa shape index (κ1) is 38.7. The third-order valence-electron chi connectivity index (χ3n) is 13.9. The molecule has 0 aliphatic heterocycles. The summed E-state index contributed by atoms with van der Waals surface area (Å²) in [6.45, 7) is 0. The molecule has 0 N–H and O–H groups in total. The van der Waals surface area contributed by atoms with Crippen LogP contribution in [-0.4, -0.2) is 0 Å². The van der Waals surface area contributed by atoms with Crippen molar-refractivity contribution in [3.8, 4) is 44.5 Å². The van der Waals surface area contributed by atoms with Crippen molar-refractivity contribution in [2.24, 2.45) is 0 Å². The second-order valence-electron chi connectivity index (χ2n) is 17.5. The molecule has 0 atom stereocenters. The molecule has 0 spiro atoms. The highest BCUT2D eigenvalue weighted by atomic mass is 16.3.